The molecular formula is C14H14F2N2OS. The van der Waals surface area contributed by atoms with Gasteiger partial charge in [-0.1, -0.05) is 6.07 Å². The Morgan fingerprint density at radius 1 is 1.35 bits per heavy atom. The van der Waals surface area contributed by atoms with Gasteiger partial charge in [0, 0.05) is 11.4 Å². The van der Waals surface area contributed by atoms with Crippen LogP contribution in [0.5, 0.6) is 0 Å². The van der Waals surface area contributed by atoms with Gasteiger partial charge in [-0.2, -0.15) is 0 Å². The smallest absolute Gasteiger partial charge is 0.260 e. The Kier molecular flexibility index (Phi) is 4.34. The normalized spacial score (nSPS) is 10.6. The van der Waals surface area contributed by atoms with Gasteiger partial charge < -0.3 is 10.6 Å². The van der Waals surface area contributed by atoms with Gasteiger partial charge in [0.15, 0.2) is 5.82 Å². The highest BCUT2D eigenvalue weighted by Crippen LogP contribution is 2.22. The second-order valence-corrected chi connectivity index (χ2v) is 5.26. The molecule has 3 nitrogen and oxygen atoms in total. The van der Waals surface area contributed by atoms with Gasteiger partial charge in [0.05, 0.1) is 12.2 Å². The van der Waals surface area contributed by atoms with E-state index in [9.17, 15) is 13.6 Å². The average molecular weight is 296 g/mol. The number of anilines is 1. The van der Waals surface area contributed by atoms with Crippen molar-refractivity contribution < 1.29 is 13.6 Å². The van der Waals surface area contributed by atoms with Crippen molar-refractivity contribution in [2.24, 2.45) is 0 Å². The lowest BCUT2D eigenvalue weighted by atomic mass is 10.1. The van der Waals surface area contributed by atoms with E-state index in [0.29, 0.717) is 13.1 Å². The van der Waals surface area contributed by atoms with Crippen molar-refractivity contribution in [2.75, 3.05) is 12.3 Å². The Bertz CT molecular complexity index is 614. The molecule has 0 radical (unpaired) electrons. The van der Waals surface area contributed by atoms with Gasteiger partial charge in [0.25, 0.3) is 5.91 Å². The number of nitrogens with zero attached hydrogens (tertiary/aromatic N) is 1. The maximum absolute atomic E-state index is 13.9. The van der Waals surface area contributed by atoms with Crippen molar-refractivity contribution in [3.63, 3.8) is 0 Å². The van der Waals surface area contributed by atoms with Crippen LogP contribution in [0.4, 0.5) is 14.5 Å². The first-order chi connectivity index (χ1) is 9.54. The Hall–Kier alpha value is -1.95. The number of amides is 1. The fourth-order valence-corrected chi connectivity index (χ4v) is 2.56. The number of thiophene rings is 1. The molecule has 0 spiro atoms. The van der Waals surface area contributed by atoms with E-state index in [1.807, 2.05) is 17.5 Å². The molecule has 0 bridgehead atoms. The standard InChI is InChI=1S/C14H14F2N2OS/c1-2-18(8-9-4-3-7-20-9)14(19)12-10(15)5-6-11(17)13(12)16/h3-7H,2,8,17H2,1H3. The van der Waals surface area contributed by atoms with E-state index in [0.717, 1.165) is 17.0 Å². The summed E-state index contributed by atoms with van der Waals surface area (Å²) in [5, 5.41) is 1.88. The summed E-state index contributed by atoms with van der Waals surface area (Å²) in [5.41, 5.74) is 4.57. The topological polar surface area (TPSA) is 46.3 Å². The Labute approximate surface area is 119 Å². The molecule has 0 atom stereocenters. The van der Waals surface area contributed by atoms with Crippen LogP contribution in [0.3, 0.4) is 0 Å². The summed E-state index contributed by atoms with van der Waals surface area (Å²) < 4.78 is 27.6. The van der Waals surface area contributed by atoms with Crippen LogP contribution in [0.25, 0.3) is 0 Å². The minimum atomic E-state index is -1.00. The molecule has 1 aromatic heterocycles. The number of hydrogen-bond donors (Lipinski definition) is 1. The maximum atomic E-state index is 13.9. The molecule has 106 valence electrons. The van der Waals surface area contributed by atoms with Gasteiger partial charge in [0.2, 0.25) is 0 Å². The SMILES string of the molecule is CCN(Cc1cccs1)C(=O)c1c(F)ccc(N)c1F. The molecule has 1 amide bonds. The summed E-state index contributed by atoms with van der Waals surface area (Å²) in [6, 6.07) is 5.84. The number of benzene rings is 1. The molecule has 1 aromatic carbocycles. The summed E-state index contributed by atoms with van der Waals surface area (Å²) in [6.07, 6.45) is 0. The van der Waals surface area contributed by atoms with E-state index in [2.05, 4.69) is 0 Å². The minimum absolute atomic E-state index is 0.234. The largest absolute Gasteiger partial charge is 0.396 e. The first-order valence-electron chi connectivity index (χ1n) is 6.09. The van der Waals surface area contributed by atoms with Gasteiger partial charge in [-0.25, -0.2) is 8.78 Å². The maximum Gasteiger partial charge on any atom is 0.260 e. The Morgan fingerprint density at radius 3 is 2.70 bits per heavy atom. The number of nitrogen functional groups attached to an aromatic ring is 1. The van der Waals surface area contributed by atoms with Crippen LogP contribution in [0, 0.1) is 11.6 Å². The lowest BCUT2D eigenvalue weighted by Gasteiger charge is -2.21. The van der Waals surface area contributed by atoms with Crippen molar-refractivity contribution in [3.8, 4) is 0 Å². The van der Waals surface area contributed by atoms with Crippen molar-refractivity contribution in [2.45, 2.75) is 13.5 Å². The third kappa shape index (κ3) is 2.80. The van der Waals surface area contributed by atoms with Crippen LogP contribution in [0.15, 0.2) is 29.6 Å². The Morgan fingerprint density at radius 2 is 2.10 bits per heavy atom. The number of carbonyl (C=O) groups excluding carboxylic acids is 1. The van der Waals surface area contributed by atoms with Gasteiger partial charge >= 0.3 is 0 Å². The fraction of sp³-hybridized carbons (Fsp3) is 0.214. The van der Waals surface area contributed by atoms with E-state index >= 15 is 0 Å². The molecule has 0 aliphatic carbocycles. The molecule has 20 heavy (non-hydrogen) atoms. The zero-order valence-electron chi connectivity index (χ0n) is 10.9. The van der Waals surface area contributed by atoms with Crippen molar-refractivity contribution in [1.29, 1.82) is 0 Å². The predicted molar refractivity (Wildman–Crippen MR) is 75.5 cm³/mol. The molecule has 0 saturated carbocycles. The second-order valence-electron chi connectivity index (χ2n) is 4.22. The molecule has 0 aliphatic heterocycles. The quantitative estimate of drug-likeness (QED) is 0.880. The lowest BCUT2D eigenvalue weighted by Crippen LogP contribution is -2.31. The monoisotopic (exact) mass is 296 g/mol. The van der Waals surface area contributed by atoms with Crippen molar-refractivity contribution in [1.82, 2.24) is 4.90 Å². The number of rotatable bonds is 4. The van der Waals surface area contributed by atoms with E-state index in [-0.39, 0.29) is 5.69 Å². The molecule has 2 N–H and O–H groups in total. The summed E-state index contributed by atoms with van der Waals surface area (Å²) in [6.45, 7) is 2.43. The van der Waals surface area contributed by atoms with Crippen LogP contribution in [0.1, 0.15) is 22.2 Å². The van der Waals surface area contributed by atoms with Gasteiger partial charge in [-0.05, 0) is 30.5 Å². The van der Waals surface area contributed by atoms with Crippen molar-refractivity contribution in [3.05, 3.63) is 51.7 Å². The average Bonchev–Trinajstić information content (AvgIpc) is 2.93. The fourth-order valence-electron chi connectivity index (χ4n) is 1.84. The Balaban J connectivity index is 2.31. The predicted octanol–water partition coefficient (Wildman–Crippen LogP) is 3.27. The lowest BCUT2D eigenvalue weighted by molar-refractivity contribution is 0.0744. The first-order valence-corrected chi connectivity index (χ1v) is 6.97. The highest BCUT2D eigenvalue weighted by Gasteiger charge is 2.24. The zero-order valence-corrected chi connectivity index (χ0v) is 11.7. The molecule has 0 aliphatic rings. The number of halogens is 2. The van der Waals surface area contributed by atoms with E-state index in [1.54, 1.807) is 6.92 Å². The summed E-state index contributed by atoms with van der Waals surface area (Å²) in [4.78, 5) is 14.6. The molecule has 2 rings (SSSR count). The molecule has 0 saturated heterocycles. The van der Waals surface area contributed by atoms with Gasteiger partial charge in [-0.15, -0.1) is 11.3 Å². The number of hydrogen-bond acceptors (Lipinski definition) is 3. The molecule has 2 aromatic rings. The third-order valence-electron chi connectivity index (χ3n) is 2.93. The number of carbonyl (C=O) groups is 1. The van der Waals surface area contributed by atoms with Gasteiger partial charge in [-0.3, -0.25) is 4.79 Å². The molecule has 1 heterocycles. The zero-order chi connectivity index (χ0) is 14.7. The van der Waals surface area contributed by atoms with E-state index < -0.39 is 23.1 Å². The van der Waals surface area contributed by atoms with Gasteiger partial charge in [0.1, 0.15) is 11.4 Å². The van der Waals surface area contributed by atoms with Crippen molar-refractivity contribution >= 4 is 22.9 Å². The van der Waals surface area contributed by atoms with E-state index in [1.165, 1.54) is 16.2 Å². The summed E-state index contributed by atoms with van der Waals surface area (Å²) in [7, 11) is 0. The third-order valence-corrected chi connectivity index (χ3v) is 3.79. The van der Waals surface area contributed by atoms with Crippen LogP contribution in [0.2, 0.25) is 0 Å². The minimum Gasteiger partial charge on any atom is -0.396 e. The molecule has 0 unspecified atom stereocenters. The van der Waals surface area contributed by atoms with Crippen LogP contribution < -0.4 is 5.73 Å². The molecule has 6 heteroatoms. The summed E-state index contributed by atoms with van der Waals surface area (Å²) >= 11 is 1.48. The van der Waals surface area contributed by atoms with Crippen LogP contribution in [-0.4, -0.2) is 17.4 Å². The number of nitrogens with two attached hydrogens (primary N) is 1. The first kappa shape index (κ1) is 14.5. The second kappa shape index (κ2) is 6.00. The van der Waals surface area contributed by atoms with Crippen LogP contribution >= 0.6 is 11.3 Å². The molecule has 0 fully saturated rings. The highest BCUT2D eigenvalue weighted by molar-refractivity contribution is 7.09. The molecular weight excluding hydrogens is 282 g/mol. The van der Waals surface area contributed by atoms with E-state index in [4.69, 9.17) is 5.73 Å². The summed E-state index contributed by atoms with van der Waals surface area (Å²) in [5.74, 6) is -2.59. The van der Waals surface area contributed by atoms with Crippen LogP contribution in [-0.2, 0) is 6.54 Å². The highest BCUT2D eigenvalue weighted by atomic mass is 32.1.